The Bertz CT molecular complexity index is 591. The van der Waals surface area contributed by atoms with Gasteiger partial charge in [0.1, 0.15) is 5.82 Å². The maximum absolute atomic E-state index is 12.9. The lowest BCUT2D eigenvalue weighted by Crippen LogP contribution is -1.89. The molecule has 84 valence electrons. The zero-order valence-corrected chi connectivity index (χ0v) is 9.70. The summed E-state index contributed by atoms with van der Waals surface area (Å²) in [5.41, 5.74) is 6.34. The van der Waals surface area contributed by atoms with E-state index in [2.05, 4.69) is 31.2 Å². The molecule has 0 unspecified atom stereocenters. The molecule has 0 spiro atoms. The highest BCUT2D eigenvalue weighted by Crippen LogP contribution is 2.33. The number of rotatable bonds is 1. The van der Waals surface area contributed by atoms with Crippen molar-refractivity contribution in [2.24, 2.45) is 0 Å². The van der Waals surface area contributed by atoms with Gasteiger partial charge in [0.2, 0.25) is 0 Å². The van der Waals surface area contributed by atoms with E-state index in [9.17, 15) is 4.39 Å². The largest absolute Gasteiger partial charge is 0.207 e. The minimum absolute atomic E-state index is 0.185. The monoisotopic (exact) mass is 224 g/mol. The predicted octanol–water partition coefficient (Wildman–Crippen LogP) is 4.45. The SMILES string of the molecule is CC1=Cc2cccc(-c3ccc(F)cc3)c2C1. The number of halogens is 1. The van der Waals surface area contributed by atoms with Gasteiger partial charge in [-0.25, -0.2) is 4.39 Å². The van der Waals surface area contributed by atoms with Crippen LogP contribution in [0, 0.1) is 5.82 Å². The summed E-state index contributed by atoms with van der Waals surface area (Å²) < 4.78 is 12.9. The van der Waals surface area contributed by atoms with Gasteiger partial charge in [0, 0.05) is 0 Å². The zero-order chi connectivity index (χ0) is 11.8. The molecule has 0 heterocycles. The highest BCUT2D eigenvalue weighted by Gasteiger charge is 2.14. The summed E-state index contributed by atoms with van der Waals surface area (Å²) in [6, 6.07) is 13.0. The highest BCUT2D eigenvalue weighted by molar-refractivity contribution is 5.76. The topological polar surface area (TPSA) is 0 Å². The Morgan fingerprint density at radius 1 is 1.00 bits per heavy atom. The van der Waals surface area contributed by atoms with E-state index in [1.165, 1.54) is 34.4 Å². The number of hydrogen-bond donors (Lipinski definition) is 0. The lowest BCUT2D eigenvalue weighted by atomic mass is 9.96. The van der Waals surface area contributed by atoms with Crippen molar-refractivity contribution in [3.05, 3.63) is 65.0 Å². The van der Waals surface area contributed by atoms with Gasteiger partial charge in [-0.3, -0.25) is 0 Å². The Morgan fingerprint density at radius 3 is 2.53 bits per heavy atom. The average molecular weight is 224 g/mol. The molecule has 1 aliphatic rings. The number of fused-ring (bicyclic) bond motifs is 1. The van der Waals surface area contributed by atoms with Crippen LogP contribution >= 0.6 is 0 Å². The molecule has 0 saturated heterocycles. The molecule has 0 aliphatic heterocycles. The standard InChI is InChI=1S/C16H13F/c1-11-9-13-3-2-4-15(16(13)10-11)12-5-7-14(17)8-6-12/h2-9H,10H2,1H3. The van der Waals surface area contributed by atoms with Crippen LogP contribution in [0.2, 0.25) is 0 Å². The van der Waals surface area contributed by atoms with E-state index in [-0.39, 0.29) is 5.82 Å². The fraction of sp³-hybridized carbons (Fsp3) is 0.125. The molecule has 0 aromatic heterocycles. The third kappa shape index (κ3) is 1.78. The number of benzene rings is 2. The Morgan fingerprint density at radius 2 is 1.76 bits per heavy atom. The molecule has 3 rings (SSSR count). The minimum Gasteiger partial charge on any atom is -0.207 e. The molecular weight excluding hydrogens is 211 g/mol. The van der Waals surface area contributed by atoms with Crippen LogP contribution in [0.5, 0.6) is 0 Å². The van der Waals surface area contributed by atoms with Crippen molar-refractivity contribution in [3.8, 4) is 11.1 Å². The molecule has 0 fully saturated rings. The van der Waals surface area contributed by atoms with Crippen LogP contribution in [-0.4, -0.2) is 0 Å². The first-order chi connectivity index (χ1) is 8.24. The molecule has 2 aromatic carbocycles. The van der Waals surface area contributed by atoms with Crippen LogP contribution in [0.3, 0.4) is 0 Å². The summed E-state index contributed by atoms with van der Waals surface area (Å²) in [6.45, 7) is 2.15. The Balaban J connectivity index is 2.12. The normalized spacial score (nSPS) is 13.4. The van der Waals surface area contributed by atoms with Gasteiger partial charge in [0.25, 0.3) is 0 Å². The van der Waals surface area contributed by atoms with Crippen LogP contribution in [0.1, 0.15) is 18.1 Å². The van der Waals surface area contributed by atoms with Crippen LogP contribution < -0.4 is 0 Å². The molecule has 0 saturated carbocycles. The second-order valence-corrected chi connectivity index (χ2v) is 4.55. The van der Waals surface area contributed by atoms with Crippen molar-refractivity contribution in [1.29, 1.82) is 0 Å². The third-order valence-electron chi connectivity index (χ3n) is 3.22. The molecule has 0 radical (unpaired) electrons. The van der Waals surface area contributed by atoms with Crippen LogP contribution in [-0.2, 0) is 6.42 Å². The van der Waals surface area contributed by atoms with E-state index >= 15 is 0 Å². The van der Waals surface area contributed by atoms with Crippen molar-refractivity contribution in [3.63, 3.8) is 0 Å². The first-order valence-corrected chi connectivity index (χ1v) is 5.79. The molecular formula is C16H13F. The molecule has 2 aromatic rings. The van der Waals surface area contributed by atoms with Crippen molar-refractivity contribution in [2.45, 2.75) is 13.3 Å². The maximum atomic E-state index is 12.9. The fourth-order valence-corrected chi connectivity index (χ4v) is 2.43. The summed E-state index contributed by atoms with van der Waals surface area (Å²) in [6.07, 6.45) is 3.23. The van der Waals surface area contributed by atoms with Crippen molar-refractivity contribution in [2.75, 3.05) is 0 Å². The molecule has 0 atom stereocenters. The van der Waals surface area contributed by atoms with E-state index in [0.29, 0.717) is 0 Å². The van der Waals surface area contributed by atoms with Gasteiger partial charge in [-0.2, -0.15) is 0 Å². The van der Waals surface area contributed by atoms with Crippen LogP contribution in [0.25, 0.3) is 17.2 Å². The molecule has 0 nitrogen and oxygen atoms in total. The van der Waals surface area contributed by atoms with E-state index in [0.717, 1.165) is 12.0 Å². The van der Waals surface area contributed by atoms with E-state index in [1.54, 1.807) is 0 Å². The second kappa shape index (κ2) is 3.85. The fourth-order valence-electron chi connectivity index (χ4n) is 2.43. The summed E-state index contributed by atoms with van der Waals surface area (Å²) in [5.74, 6) is -0.185. The first-order valence-electron chi connectivity index (χ1n) is 5.79. The lowest BCUT2D eigenvalue weighted by Gasteiger charge is -2.08. The van der Waals surface area contributed by atoms with Crippen LogP contribution in [0.4, 0.5) is 4.39 Å². The quantitative estimate of drug-likeness (QED) is 0.671. The first kappa shape index (κ1) is 10.3. The Labute approximate surface area is 100 Å². The zero-order valence-electron chi connectivity index (χ0n) is 9.70. The third-order valence-corrected chi connectivity index (χ3v) is 3.22. The molecule has 17 heavy (non-hydrogen) atoms. The van der Waals surface area contributed by atoms with Gasteiger partial charge < -0.3 is 0 Å². The van der Waals surface area contributed by atoms with Gasteiger partial charge in [0.15, 0.2) is 0 Å². The summed E-state index contributed by atoms with van der Waals surface area (Å²) in [4.78, 5) is 0. The summed E-state index contributed by atoms with van der Waals surface area (Å²) in [5, 5.41) is 0. The van der Waals surface area contributed by atoms with Gasteiger partial charge in [-0.15, -0.1) is 0 Å². The van der Waals surface area contributed by atoms with Crippen LogP contribution in [0.15, 0.2) is 48.0 Å². The van der Waals surface area contributed by atoms with Gasteiger partial charge in [0.05, 0.1) is 0 Å². The smallest absolute Gasteiger partial charge is 0.123 e. The van der Waals surface area contributed by atoms with E-state index in [4.69, 9.17) is 0 Å². The number of allylic oxidation sites excluding steroid dienone is 1. The van der Waals surface area contributed by atoms with E-state index in [1.807, 2.05) is 12.1 Å². The molecule has 0 bridgehead atoms. The van der Waals surface area contributed by atoms with Gasteiger partial charge in [-0.05, 0) is 47.7 Å². The van der Waals surface area contributed by atoms with Crippen molar-refractivity contribution >= 4 is 6.08 Å². The van der Waals surface area contributed by atoms with Crippen molar-refractivity contribution in [1.82, 2.24) is 0 Å². The maximum Gasteiger partial charge on any atom is 0.123 e. The Hall–Kier alpha value is -1.89. The summed E-state index contributed by atoms with van der Waals surface area (Å²) >= 11 is 0. The molecule has 0 N–H and O–H groups in total. The summed E-state index contributed by atoms with van der Waals surface area (Å²) in [7, 11) is 0. The van der Waals surface area contributed by atoms with Gasteiger partial charge in [-0.1, -0.05) is 42.0 Å². The van der Waals surface area contributed by atoms with Crippen molar-refractivity contribution < 1.29 is 4.39 Å². The minimum atomic E-state index is -0.185. The second-order valence-electron chi connectivity index (χ2n) is 4.55. The molecule has 0 amide bonds. The highest BCUT2D eigenvalue weighted by atomic mass is 19.1. The lowest BCUT2D eigenvalue weighted by molar-refractivity contribution is 0.628. The van der Waals surface area contributed by atoms with Gasteiger partial charge >= 0.3 is 0 Å². The average Bonchev–Trinajstić information content (AvgIpc) is 2.70. The Kier molecular flexibility index (Phi) is 2.32. The molecule has 1 heteroatoms. The van der Waals surface area contributed by atoms with E-state index < -0.39 is 0 Å². The number of hydrogen-bond acceptors (Lipinski definition) is 0. The predicted molar refractivity (Wildman–Crippen MR) is 69.2 cm³/mol. The molecule has 1 aliphatic carbocycles.